The van der Waals surface area contributed by atoms with Crippen molar-refractivity contribution in [1.29, 1.82) is 0 Å². The van der Waals surface area contributed by atoms with Gasteiger partial charge in [0, 0.05) is 11.6 Å². The minimum Gasteiger partial charge on any atom is -0.478 e. The molecule has 1 amide bonds. The predicted molar refractivity (Wildman–Crippen MR) is 63.5 cm³/mol. The minimum absolute atomic E-state index is 0.0839. The van der Waals surface area contributed by atoms with E-state index in [1.165, 1.54) is 29.7 Å². The molecule has 0 saturated carbocycles. The number of amides is 1. The van der Waals surface area contributed by atoms with Gasteiger partial charge in [-0.15, -0.1) is 0 Å². The fraction of sp³-hybridized carbons (Fsp3) is 0. The number of hydrogen-bond acceptors (Lipinski definition) is 4. The van der Waals surface area contributed by atoms with E-state index in [0.717, 1.165) is 0 Å². The third kappa shape index (κ3) is 2.67. The number of thiophene rings is 1. The Morgan fingerprint density at radius 2 is 2.12 bits per heavy atom. The summed E-state index contributed by atoms with van der Waals surface area (Å²) in [6.07, 6.45) is 1.34. The number of nitrogens with zero attached hydrogens (tertiary/aromatic N) is 1. The molecule has 2 rings (SSSR count). The number of carboxylic acid groups (broad SMARTS) is 1. The Morgan fingerprint density at radius 3 is 2.76 bits per heavy atom. The molecule has 2 aromatic rings. The van der Waals surface area contributed by atoms with Crippen LogP contribution in [-0.4, -0.2) is 22.0 Å². The molecule has 2 heterocycles. The second-order valence-electron chi connectivity index (χ2n) is 3.20. The summed E-state index contributed by atoms with van der Waals surface area (Å²) in [4.78, 5) is 26.3. The highest BCUT2D eigenvalue weighted by Crippen LogP contribution is 2.11. The second kappa shape index (κ2) is 4.75. The molecular formula is C11H8N2O3S. The van der Waals surface area contributed by atoms with Crippen LogP contribution in [0.5, 0.6) is 0 Å². The Kier molecular flexibility index (Phi) is 3.15. The van der Waals surface area contributed by atoms with Crippen LogP contribution in [0.3, 0.4) is 0 Å². The Balaban J connectivity index is 2.16. The molecular weight excluding hydrogens is 240 g/mol. The first kappa shape index (κ1) is 11.3. The topological polar surface area (TPSA) is 79.3 Å². The molecule has 0 spiro atoms. The summed E-state index contributed by atoms with van der Waals surface area (Å²) < 4.78 is 0. The molecule has 0 aromatic carbocycles. The first-order valence-electron chi connectivity index (χ1n) is 4.70. The number of pyridine rings is 1. The molecule has 5 nitrogen and oxygen atoms in total. The van der Waals surface area contributed by atoms with E-state index in [4.69, 9.17) is 5.11 Å². The van der Waals surface area contributed by atoms with Gasteiger partial charge in [-0.05, 0) is 23.6 Å². The van der Waals surface area contributed by atoms with Gasteiger partial charge in [0.2, 0.25) is 0 Å². The number of aromatic carboxylic acids is 1. The average molecular weight is 248 g/mol. The van der Waals surface area contributed by atoms with Gasteiger partial charge in [-0.1, -0.05) is 0 Å². The molecule has 0 fully saturated rings. The molecule has 0 atom stereocenters. The Hall–Kier alpha value is -2.21. The smallest absolute Gasteiger partial charge is 0.335 e. The quantitative estimate of drug-likeness (QED) is 0.871. The van der Waals surface area contributed by atoms with E-state index in [-0.39, 0.29) is 17.3 Å². The van der Waals surface area contributed by atoms with Crippen molar-refractivity contribution in [3.8, 4) is 0 Å². The third-order valence-electron chi connectivity index (χ3n) is 2.03. The Labute approximate surface area is 101 Å². The molecule has 0 saturated heterocycles. The molecule has 0 aliphatic rings. The van der Waals surface area contributed by atoms with E-state index in [9.17, 15) is 9.59 Å². The second-order valence-corrected chi connectivity index (χ2v) is 3.98. The van der Waals surface area contributed by atoms with Crippen LogP contribution in [0, 0.1) is 0 Å². The fourth-order valence-electron chi connectivity index (χ4n) is 1.21. The largest absolute Gasteiger partial charge is 0.478 e. The van der Waals surface area contributed by atoms with Crippen molar-refractivity contribution in [2.75, 3.05) is 5.32 Å². The number of aromatic nitrogens is 1. The molecule has 17 heavy (non-hydrogen) atoms. The Morgan fingerprint density at radius 1 is 1.29 bits per heavy atom. The number of nitrogens with one attached hydrogen (secondary N) is 1. The SMILES string of the molecule is O=C(O)c1ccnc(NC(=O)c2ccsc2)c1. The number of hydrogen-bond donors (Lipinski definition) is 2. The van der Waals surface area contributed by atoms with E-state index in [1.54, 1.807) is 16.8 Å². The van der Waals surface area contributed by atoms with Crippen molar-refractivity contribution in [3.63, 3.8) is 0 Å². The van der Waals surface area contributed by atoms with Gasteiger partial charge in [-0.2, -0.15) is 11.3 Å². The molecule has 86 valence electrons. The lowest BCUT2D eigenvalue weighted by Gasteiger charge is -2.03. The highest BCUT2D eigenvalue weighted by molar-refractivity contribution is 7.08. The zero-order chi connectivity index (χ0) is 12.3. The molecule has 6 heteroatoms. The van der Waals surface area contributed by atoms with Crippen molar-refractivity contribution in [2.24, 2.45) is 0 Å². The van der Waals surface area contributed by atoms with E-state index in [2.05, 4.69) is 10.3 Å². The van der Waals surface area contributed by atoms with Gasteiger partial charge in [0.15, 0.2) is 0 Å². The van der Waals surface area contributed by atoms with Crippen LogP contribution in [-0.2, 0) is 0 Å². The van der Waals surface area contributed by atoms with E-state index in [1.807, 2.05) is 0 Å². The standard InChI is InChI=1S/C11H8N2O3S/c14-10(8-2-4-17-6-8)13-9-5-7(11(15)16)1-3-12-9/h1-6H,(H,15,16)(H,12,13,14). The van der Waals surface area contributed by atoms with Crippen LogP contribution in [0.1, 0.15) is 20.7 Å². The minimum atomic E-state index is -1.06. The molecule has 0 radical (unpaired) electrons. The zero-order valence-electron chi connectivity index (χ0n) is 8.58. The first-order valence-corrected chi connectivity index (χ1v) is 5.64. The van der Waals surface area contributed by atoms with Gasteiger partial charge in [0.05, 0.1) is 11.1 Å². The summed E-state index contributed by atoms with van der Waals surface area (Å²) in [5.74, 6) is -1.14. The molecule has 2 aromatic heterocycles. The molecule has 2 N–H and O–H groups in total. The van der Waals surface area contributed by atoms with Crippen molar-refractivity contribution >= 4 is 29.0 Å². The number of rotatable bonds is 3. The van der Waals surface area contributed by atoms with Gasteiger partial charge >= 0.3 is 5.97 Å². The van der Waals surface area contributed by atoms with Crippen molar-refractivity contribution in [1.82, 2.24) is 4.98 Å². The summed E-state index contributed by atoms with van der Waals surface area (Å²) in [6.45, 7) is 0. The van der Waals surface area contributed by atoms with Crippen molar-refractivity contribution in [2.45, 2.75) is 0 Å². The maximum atomic E-state index is 11.7. The average Bonchev–Trinajstić information content (AvgIpc) is 2.82. The number of carboxylic acids is 1. The summed E-state index contributed by atoms with van der Waals surface area (Å²) in [7, 11) is 0. The molecule has 0 unspecified atom stereocenters. The lowest BCUT2D eigenvalue weighted by atomic mass is 10.2. The van der Waals surface area contributed by atoms with Gasteiger partial charge < -0.3 is 10.4 Å². The van der Waals surface area contributed by atoms with Gasteiger partial charge in [0.25, 0.3) is 5.91 Å². The van der Waals surface area contributed by atoms with E-state index in [0.29, 0.717) is 5.56 Å². The summed E-state index contributed by atoms with van der Waals surface area (Å²) in [5, 5.41) is 14.8. The summed E-state index contributed by atoms with van der Waals surface area (Å²) >= 11 is 1.41. The maximum Gasteiger partial charge on any atom is 0.335 e. The van der Waals surface area contributed by atoms with Gasteiger partial charge in [-0.25, -0.2) is 9.78 Å². The zero-order valence-corrected chi connectivity index (χ0v) is 9.40. The number of carbonyl (C=O) groups excluding carboxylic acids is 1. The normalized spacial score (nSPS) is 9.88. The Bertz CT molecular complexity index is 552. The first-order chi connectivity index (χ1) is 8.16. The van der Waals surface area contributed by atoms with Crippen LogP contribution in [0.2, 0.25) is 0 Å². The molecule has 0 aliphatic carbocycles. The summed E-state index contributed by atoms with van der Waals surface area (Å²) in [5.41, 5.74) is 0.609. The van der Waals surface area contributed by atoms with Crippen LogP contribution in [0.15, 0.2) is 35.2 Å². The van der Waals surface area contributed by atoms with Crippen LogP contribution < -0.4 is 5.32 Å². The third-order valence-corrected chi connectivity index (χ3v) is 2.72. The summed E-state index contributed by atoms with van der Waals surface area (Å²) in [6, 6.07) is 4.36. The van der Waals surface area contributed by atoms with Gasteiger partial charge in [-0.3, -0.25) is 4.79 Å². The maximum absolute atomic E-state index is 11.7. The van der Waals surface area contributed by atoms with Crippen LogP contribution in [0.25, 0.3) is 0 Å². The lowest BCUT2D eigenvalue weighted by Crippen LogP contribution is -2.12. The van der Waals surface area contributed by atoms with Crippen LogP contribution >= 0.6 is 11.3 Å². The van der Waals surface area contributed by atoms with Crippen LogP contribution in [0.4, 0.5) is 5.82 Å². The van der Waals surface area contributed by atoms with E-state index >= 15 is 0 Å². The monoisotopic (exact) mass is 248 g/mol. The highest BCUT2D eigenvalue weighted by atomic mass is 32.1. The van der Waals surface area contributed by atoms with Gasteiger partial charge in [0.1, 0.15) is 5.82 Å². The highest BCUT2D eigenvalue weighted by Gasteiger charge is 2.09. The molecule has 0 aliphatic heterocycles. The number of anilines is 1. The van der Waals surface area contributed by atoms with Crippen molar-refractivity contribution in [3.05, 3.63) is 46.3 Å². The number of carbonyl (C=O) groups is 2. The predicted octanol–water partition coefficient (Wildman–Crippen LogP) is 2.09. The lowest BCUT2D eigenvalue weighted by molar-refractivity contribution is 0.0696. The van der Waals surface area contributed by atoms with E-state index < -0.39 is 5.97 Å². The van der Waals surface area contributed by atoms with Crippen molar-refractivity contribution < 1.29 is 14.7 Å². The molecule has 0 bridgehead atoms. The fourth-order valence-corrected chi connectivity index (χ4v) is 1.85.